The van der Waals surface area contributed by atoms with E-state index in [2.05, 4.69) is 17.7 Å². The van der Waals surface area contributed by atoms with Crippen LogP contribution in [0.3, 0.4) is 0 Å². The van der Waals surface area contributed by atoms with E-state index >= 15 is 0 Å². The standard InChI is InChI=1S/C22H30O4/c1-3-4-5-6-7-8-12-15-21(16-20(23)17-22(24)25-2)26-18-19-13-10-9-11-14-19/h7-15,21H,3-6,16-18H2,1-2H3. The number of unbranched alkanes of at least 4 members (excludes halogenated alkanes) is 3. The summed E-state index contributed by atoms with van der Waals surface area (Å²) in [6.45, 7) is 2.60. The normalized spacial score (nSPS) is 12.5. The van der Waals surface area contributed by atoms with Crippen molar-refractivity contribution in [1.82, 2.24) is 0 Å². The molecular weight excluding hydrogens is 328 g/mol. The second-order valence-corrected chi connectivity index (χ2v) is 6.14. The zero-order chi connectivity index (χ0) is 19.0. The largest absolute Gasteiger partial charge is 0.469 e. The minimum absolute atomic E-state index is 0.155. The molecule has 0 aliphatic heterocycles. The highest BCUT2D eigenvalue weighted by Crippen LogP contribution is 2.10. The predicted molar refractivity (Wildman–Crippen MR) is 104 cm³/mol. The van der Waals surface area contributed by atoms with E-state index in [-0.39, 0.29) is 24.7 Å². The van der Waals surface area contributed by atoms with Gasteiger partial charge in [0, 0.05) is 6.42 Å². The number of rotatable bonds is 13. The number of ether oxygens (including phenoxy) is 2. The van der Waals surface area contributed by atoms with Crippen molar-refractivity contribution in [3.63, 3.8) is 0 Å². The smallest absolute Gasteiger partial charge is 0.313 e. The molecule has 0 aliphatic carbocycles. The molecule has 1 unspecified atom stereocenters. The van der Waals surface area contributed by atoms with Gasteiger partial charge in [0.1, 0.15) is 12.2 Å². The van der Waals surface area contributed by atoms with Crippen LogP contribution < -0.4 is 0 Å². The maximum absolute atomic E-state index is 12.0. The average Bonchev–Trinajstić information content (AvgIpc) is 2.65. The molecule has 0 saturated carbocycles. The molecule has 0 amide bonds. The molecule has 0 aliphatic rings. The fraction of sp³-hybridized carbons (Fsp3) is 0.455. The number of methoxy groups -OCH3 is 1. The second-order valence-electron chi connectivity index (χ2n) is 6.14. The van der Waals surface area contributed by atoms with E-state index in [1.807, 2.05) is 48.6 Å². The summed E-state index contributed by atoms with van der Waals surface area (Å²) in [6, 6.07) is 9.80. The highest BCUT2D eigenvalue weighted by molar-refractivity contribution is 5.95. The lowest BCUT2D eigenvalue weighted by atomic mass is 10.1. The quantitative estimate of drug-likeness (QED) is 0.220. The first kappa shape index (κ1) is 21.8. The minimum Gasteiger partial charge on any atom is -0.469 e. The topological polar surface area (TPSA) is 52.6 Å². The number of benzene rings is 1. The molecular formula is C22H30O4. The zero-order valence-corrected chi connectivity index (χ0v) is 15.9. The summed E-state index contributed by atoms with van der Waals surface area (Å²) in [7, 11) is 1.28. The van der Waals surface area contributed by atoms with Gasteiger partial charge in [0.15, 0.2) is 0 Å². The molecule has 0 bridgehead atoms. The number of esters is 1. The Bertz CT molecular complexity index is 575. The first-order valence-electron chi connectivity index (χ1n) is 9.23. The molecule has 4 heteroatoms. The third-order valence-electron chi connectivity index (χ3n) is 3.85. The second kappa shape index (κ2) is 14.0. The summed E-state index contributed by atoms with van der Waals surface area (Å²) < 4.78 is 10.4. The minimum atomic E-state index is -0.517. The monoisotopic (exact) mass is 358 g/mol. The molecule has 0 aromatic heterocycles. The summed E-state index contributed by atoms with van der Waals surface area (Å²) in [5, 5.41) is 0. The predicted octanol–water partition coefficient (Wildman–Crippen LogP) is 4.79. The average molecular weight is 358 g/mol. The van der Waals surface area contributed by atoms with Crippen LogP contribution in [0.4, 0.5) is 0 Å². The third-order valence-corrected chi connectivity index (χ3v) is 3.85. The van der Waals surface area contributed by atoms with E-state index in [4.69, 9.17) is 4.74 Å². The molecule has 0 fully saturated rings. The van der Waals surface area contributed by atoms with Crippen LogP contribution in [-0.2, 0) is 25.7 Å². The maximum Gasteiger partial charge on any atom is 0.313 e. The molecule has 0 spiro atoms. The molecule has 1 atom stereocenters. The van der Waals surface area contributed by atoms with Gasteiger partial charge in [-0.2, -0.15) is 0 Å². The Morgan fingerprint density at radius 3 is 2.58 bits per heavy atom. The molecule has 142 valence electrons. The SMILES string of the molecule is CCCCCC=CC=CC(CC(=O)CC(=O)OC)OCc1ccccc1. The van der Waals surface area contributed by atoms with Gasteiger partial charge in [0.05, 0.1) is 19.8 Å². The first-order chi connectivity index (χ1) is 12.7. The van der Waals surface area contributed by atoms with Crippen molar-refractivity contribution in [2.75, 3.05) is 7.11 Å². The number of allylic oxidation sites excluding steroid dienone is 3. The van der Waals surface area contributed by atoms with Gasteiger partial charge >= 0.3 is 5.97 Å². The van der Waals surface area contributed by atoms with Crippen LogP contribution in [0.25, 0.3) is 0 Å². The molecule has 1 aromatic carbocycles. The Morgan fingerprint density at radius 1 is 1.12 bits per heavy atom. The first-order valence-corrected chi connectivity index (χ1v) is 9.23. The van der Waals surface area contributed by atoms with Crippen LogP contribution in [0.5, 0.6) is 0 Å². The Balaban J connectivity index is 2.56. The molecule has 0 saturated heterocycles. The number of hydrogen-bond acceptors (Lipinski definition) is 4. The zero-order valence-electron chi connectivity index (χ0n) is 15.9. The van der Waals surface area contributed by atoms with E-state index in [0.29, 0.717) is 6.61 Å². The Labute approximate surface area is 156 Å². The highest BCUT2D eigenvalue weighted by atomic mass is 16.5. The number of Topliss-reactive ketones (excluding diaryl/α,β-unsaturated/α-hetero) is 1. The van der Waals surface area contributed by atoms with Crippen molar-refractivity contribution in [1.29, 1.82) is 0 Å². The van der Waals surface area contributed by atoms with Gasteiger partial charge in [0.2, 0.25) is 0 Å². The van der Waals surface area contributed by atoms with Gasteiger partial charge in [0.25, 0.3) is 0 Å². The van der Waals surface area contributed by atoms with E-state index in [1.54, 1.807) is 0 Å². The van der Waals surface area contributed by atoms with Crippen molar-refractivity contribution >= 4 is 11.8 Å². The van der Waals surface area contributed by atoms with E-state index in [0.717, 1.165) is 12.0 Å². The van der Waals surface area contributed by atoms with Crippen LogP contribution in [0.2, 0.25) is 0 Å². The number of carbonyl (C=O) groups excluding carboxylic acids is 2. The van der Waals surface area contributed by atoms with E-state index in [1.165, 1.54) is 26.4 Å². The molecule has 1 aromatic rings. The van der Waals surface area contributed by atoms with Crippen molar-refractivity contribution in [2.45, 2.75) is 58.2 Å². The molecule has 0 radical (unpaired) electrons. The van der Waals surface area contributed by atoms with Crippen molar-refractivity contribution in [2.24, 2.45) is 0 Å². The fourth-order valence-corrected chi connectivity index (χ4v) is 2.36. The van der Waals surface area contributed by atoms with E-state index in [9.17, 15) is 9.59 Å². The molecule has 1 rings (SSSR count). The Morgan fingerprint density at radius 2 is 1.88 bits per heavy atom. The van der Waals surface area contributed by atoms with E-state index < -0.39 is 5.97 Å². The van der Waals surface area contributed by atoms with Crippen LogP contribution >= 0.6 is 0 Å². The van der Waals surface area contributed by atoms with Gasteiger partial charge in [-0.25, -0.2) is 0 Å². The van der Waals surface area contributed by atoms with Crippen LogP contribution in [-0.4, -0.2) is 25.0 Å². The summed E-state index contributed by atoms with van der Waals surface area (Å²) in [5.41, 5.74) is 1.04. The van der Waals surface area contributed by atoms with Crippen LogP contribution in [0.15, 0.2) is 54.6 Å². The van der Waals surface area contributed by atoms with Gasteiger partial charge in [-0.15, -0.1) is 0 Å². The number of carbonyl (C=O) groups is 2. The highest BCUT2D eigenvalue weighted by Gasteiger charge is 2.15. The summed E-state index contributed by atoms with van der Waals surface area (Å²) >= 11 is 0. The number of ketones is 1. The summed E-state index contributed by atoms with van der Waals surface area (Å²) in [5.74, 6) is -0.705. The van der Waals surface area contributed by atoms with Gasteiger partial charge in [-0.05, 0) is 18.4 Å². The third kappa shape index (κ3) is 10.6. The summed E-state index contributed by atoms with van der Waals surface area (Å²) in [4.78, 5) is 23.3. The Kier molecular flexibility index (Phi) is 11.8. The van der Waals surface area contributed by atoms with Gasteiger partial charge in [-0.3, -0.25) is 9.59 Å². The van der Waals surface area contributed by atoms with Crippen molar-refractivity contribution in [3.8, 4) is 0 Å². The van der Waals surface area contributed by atoms with Crippen molar-refractivity contribution in [3.05, 3.63) is 60.2 Å². The lowest BCUT2D eigenvalue weighted by Gasteiger charge is -2.13. The van der Waals surface area contributed by atoms with Crippen LogP contribution in [0, 0.1) is 0 Å². The molecule has 4 nitrogen and oxygen atoms in total. The molecule has 0 heterocycles. The lowest BCUT2D eigenvalue weighted by molar-refractivity contribution is -0.143. The maximum atomic E-state index is 12.0. The summed E-state index contributed by atoms with van der Waals surface area (Å²) in [6.07, 6.45) is 12.1. The number of hydrogen-bond donors (Lipinski definition) is 0. The fourth-order valence-electron chi connectivity index (χ4n) is 2.36. The lowest BCUT2D eigenvalue weighted by Crippen LogP contribution is -2.18. The van der Waals surface area contributed by atoms with Gasteiger partial charge in [-0.1, -0.05) is 74.4 Å². The van der Waals surface area contributed by atoms with Crippen molar-refractivity contribution < 1.29 is 19.1 Å². The molecule has 0 N–H and O–H groups in total. The van der Waals surface area contributed by atoms with Crippen LogP contribution in [0.1, 0.15) is 51.0 Å². The molecule has 26 heavy (non-hydrogen) atoms. The Hall–Kier alpha value is -2.20. The van der Waals surface area contributed by atoms with Gasteiger partial charge < -0.3 is 9.47 Å².